The number of nitrogens with one attached hydrogen (secondary N) is 1. The maximum atomic E-state index is 13.5. The number of nitrogens with zero attached hydrogens (tertiary/aromatic N) is 1. The molecule has 1 N–H and O–H groups in total. The summed E-state index contributed by atoms with van der Waals surface area (Å²) in [5.74, 6) is 0.642. The zero-order chi connectivity index (χ0) is 17.2. The number of piperidine rings is 1. The van der Waals surface area contributed by atoms with Crippen molar-refractivity contribution in [1.29, 1.82) is 0 Å². The molecule has 2 saturated carbocycles. The minimum atomic E-state index is -0.752. The fraction of sp³-hybridized carbons (Fsp3) is 0.550. The molecule has 4 fully saturated rings. The van der Waals surface area contributed by atoms with Gasteiger partial charge in [-0.05, 0) is 24.0 Å². The quantitative estimate of drug-likeness (QED) is 0.484. The molecule has 2 aliphatic carbocycles. The Bertz CT molecular complexity index is 836. The number of para-hydroxylation sites is 1. The first-order valence-electron chi connectivity index (χ1n) is 9.19. The highest BCUT2D eigenvalue weighted by atomic mass is 16.6. The SMILES string of the molecule is C=C[C@@]12C[N+](C)([O-])[C@H]3[C@@H]4CO[C@@H](C[C@@H]41)[C@]1(C(=O)Nc4ccccc41)[C@H]32. The monoisotopic (exact) mass is 338 g/mol. The molecule has 3 heterocycles. The van der Waals surface area contributed by atoms with Crippen molar-refractivity contribution < 1.29 is 14.2 Å². The minimum Gasteiger partial charge on any atom is -0.633 e. The maximum absolute atomic E-state index is 13.5. The molecule has 3 aliphatic heterocycles. The molecule has 1 aromatic carbocycles. The fourth-order valence-electron chi connectivity index (χ4n) is 7.64. The van der Waals surface area contributed by atoms with Crippen LogP contribution in [-0.4, -0.2) is 42.9 Å². The molecule has 5 aliphatic rings. The second kappa shape index (κ2) is 4.00. The van der Waals surface area contributed by atoms with Gasteiger partial charge in [0.25, 0.3) is 0 Å². The highest BCUT2D eigenvalue weighted by molar-refractivity contribution is 6.07. The van der Waals surface area contributed by atoms with Gasteiger partial charge in [0.2, 0.25) is 5.91 Å². The van der Waals surface area contributed by atoms with Crippen molar-refractivity contribution in [3.05, 3.63) is 47.7 Å². The van der Waals surface area contributed by atoms with Gasteiger partial charge >= 0.3 is 0 Å². The second-order valence-corrected chi connectivity index (χ2v) is 8.81. The summed E-state index contributed by atoms with van der Waals surface area (Å²) in [4.78, 5) is 13.4. The van der Waals surface area contributed by atoms with Gasteiger partial charge in [-0.15, -0.1) is 6.58 Å². The Kier molecular flexibility index (Phi) is 2.32. The molecule has 1 amide bonds. The number of carbonyl (C=O) groups is 1. The van der Waals surface area contributed by atoms with Crippen molar-refractivity contribution >= 4 is 11.6 Å². The fourth-order valence-corrected chi connectivity index (χ4v) is 7.64. The highest BCUT2D eigenvalue weighted by Crippen LogP contribution is 2.74. The van der Waals surface area contributed by atoms with Crippen LogP contribution in [0.15, 0.2) is 36.9 Å². The first-order chi connectivity index (χ1) is 12.0. The molecule has 0 aromatic heterocycles. The number of rotatable bonds is 1. The van der Waals surface area contributed by atoms with Gasteiger partial charge in [-0.1, -0.05) is 24.3 Å². The van der Waals surface area contributed by atoms with E-state index in [1.807, 2.05) is 30.3 Å². The van der Waals surface area contributed by atoms with E-state index in [0.29, 0.717) is 19.1 Å². The topological polar surface area (TPSA) is 61.4 Å². The number of hydrogen-bond acceptors (Lipinski definition) is 3. The number of amides is 1. The first-order valence-corrected chi connectivity index (χ1v) is 9.19. The Hall–Kier alpha value is -1.69. The van der Waals surface area contributed by atoms with Crippen LogP contribution < -0.4 is 5.32 Å². The average molecular weight is 338 g/mol. The number of hydrogen-bond donors (Lipinski definition) is 1. The number of benzene rings is 1. The predicted octanol–water partition coefficient (Wildman–Crippen LogP) is 2.04. The summed E-state index contributed by atoms with van der Waals surface area (Å²) >= 11 is 0. The van der Waals surface area contributed by atoms with E-state index in [-0.39, 0.29) is 40.0 Å². The lowest BCUT2D eigenvalue weighted by molar-refractivity contribution is -0.887. The van der Waals surface area contributed by atoms with Gasteiger partial charge in [0.15, 0.2) is 0 Å². The maximum Gasteiger partial charge on any atom is 0.238 e. The Balaban J connectivity index is 1.70. The van der Waals surface area contributed by atoms with Gasteiger partial charge < -0.3 is 19.9 Å². The van der Waals surface area contributed by atoms with Crippen LogP contribution >= 0.6 is 0 Å². The van der Waals surface area contributed by atoms with Crippen molar-refractivity contribution in [1.82, 2.24) is 0 Å². The van der Waals surface area contributed by atoms with E-state index in [4.69, 9.17) is 4.74 Å². The van der Waals surface area contributed by atoms with Gasteiger partial charge in [-0.3, -0.25) is 4.79 Å². The number of anilines is 1. The summed E-state index contributed by atoms with van der Waals surface area (Å²) in [5, 5.41) is 16.6. The van der Waals surface area contributed by atoms with E-state index in [2.05, 4.69) is 11.9 Å². The number of fused-ring (bicyclic) bond motifs is 5. The van der Waals surface area contributed by atoms with Crippen LogP contribution in [0.25, 0.3) is 0 Å². The minimum absolute atomic E-state index is 0.0165. The van der Waals surface area contributed by atoms with E-state index in [1.54, 1.807) is 7.05 Å². The molecule has 1 spiro atoms. The van der Waals surface area contributed by atoms with E-state index in [0.717, 1.165) is 17.7 Å². The number of carbonyl (C=O) groups excluding carboxylic acids is 1. The second-order valence-electron chi connectivity index (χ2n) is 8.81. The Morgan fingerprint density at radius 1 is 1.44 bits per heavy atom. The number of ether oxygens (including phenoxy) is 1. The molecule has 25 heavy (non-hydrogen) atoms. The molecule has 5 nitrogen and oxygen atoms in total. The summed E-state index contributed by atoms with van der Waals surface area (Å²) in [6, 6.07) is 7.86. The normalized spacial score (nSPS) is 54.0. The molecule has 2 saturated heterocycles. The summed E-state index contributed by atoms with van der Waals surface area (Å²) in [6.45, 7) is 5.29. The zero-order valence-corrected chi connectivity index (χ0v) is 14.3. The van der Waals surface area contributed by atoms with Crippen LogP contribution in [-0.2, 0) is 14.9 Å². The zero-order valence-electron chi connectivity index (χ0n) is 14.3. The van der Waals surface area contributed by atoms with Gasteiger partial charge in [0.05, 0.1) is 37.8 Å². The van der Waals surface area contributed by atoms with Crippen LogP contribution in [0.2, 0.25) is 0 Å². The van der Waals surface area contributed by atoms with Crippen molar-refractivity contribution in [2.45, 2.75) is 24.0 Å². The lowest BCUT2D eigenvalue weighted by Crippen LogP contribution is -2.62. The standard InChI is InChI=1S/C20H22N2O3/c1-3-19-10-22(2,24)16-11-9-25-15(8-13(11)19)20(17(16)19)12-6-4-5-7-14(12)21-18(20)23/h3-7,11,13,15-17H,1,8-10H2,2H3,(H,21,23)/t11-,13+,15+,16+,17-,19-,20+,22?/m1/s1. The lowest BCUT2D eigenvalue weighted by atomic mass is 9.51. The van der Waals surface area contributed by atoms with E-state index in [9.17, 15) is 10.0 Å². The highest BCUT2D eigenvalue weighted by Gasteiger charge is 2.83. The molecule has 5 heteroatoms. The molecule has 0 radical (unpaired) electrons. The van der Waals surface area contributed by atoms with E-state index < -0.39 is 5.41 Å². The Morgan fingerprint density at radius 2 is 2.24 bits per heavy atom. The first kappa shape index (κ1) is 14.5. The third-order valence-corrected chi connectivity index (χ3v) is 8.12. The van der Waals surface area contributed by atoms with Crippen LogP contribution in [0.3, 0.4) is 0 Å². The van der Waals surface area contributed by atoms with Crippen molar-refractivity contribution in [3.8, 4) is 0 Å². The number of quaternary nitrogens is 1. The largest absolute Gasteiger partial charge is 0.633 e. The van der Waals surface area contributed by atoms with E-state index in [1.165, 1.54) is 0 Å². The molecule has 6 rings (SSSR count). The third kappa shape index (κ3) is 1.26. The summed E-state index contributed by atoms with van der Waals surface area (Å²) in [7, 11) is 1.78. The van der Waals surface area contributed by atoms with Crippen LogP contribution in [0.1, 0.15) is 12.0 Å². The van der Waals surface area contributed by atoms with Gasteiger partial charge in [0, 0.05) is 17.5 Å². The summed E-state index contributed by atoms with van der Waals surface area (Å²) in [5.41, 5.74) is 0.885. The molecular formula is C20H22N2O3. The van der Waals surface area contributed by atoms with Gasteiger partial charge in [-0.25, -0.2) is 0 Å². The molecule has 5 bridgehead atoms. The molecule has 130 valence electrons. The number of hydroxylamine groups is 3. The van der Waals surface area contributed by atoms with E-state index >= 15 is 0 Å². The molecule has 8 atom stereocenters. The smallest absolute Gasteiger partial charge is 0.238 e. The Morgan fingerprint density at radius 3 is 3.04 bits per heavy atom. The summed E-state index contributed by atoms with van der Waals surface area (Å²) < 4.78 is 5.99. The number of likely N-dealkylation sites (tertiary alicyclic amines) is 1. The molecule has 1 unspecified atom stereocenters. The predicted molar refractivity (Wildman–Crippen MR) is 92.4 cm³/mol. The van der Waals surface area contributed by atoms with Gasteiger partial charge in [0.1, 0.15) is 5.41 Å². The average Bonchev–Trinajstić information content (AvgIpc) is 3.04. The van der Waals surface area contributed by atoms with Gasteiger partial charge in [-0.2, -0.15) is 0 Å². The van der Waals surface area contributed by atoms with Crippen molar-refractivity contribution in [3.63, 3.8) is 0 Å². The molecule has 1 aromatic rings. The van der Waals surface area contributed by atoms with Crippen LogP contribution in [0.5, 0.6) is 0 Å². The third-order valence-electron chi connectivity index (χ3n) is 8.12. The van der Waals surface area contributed by atoms with Crippen molar-refractivity contribution in [2.24, 2.45) is 23.2 Å². The lowest BCUT2D eigenvalue weighted by Gasteiger charge is -2.55. The Labute approximate surface area is 146 Å². The molecular weight excluding hydrogens is 316 g/mol. The summed E-state index contributed by atoms with van der Waals surface area (Å²) in [6.07, 6.45) is 2.73. The van der Waals surface area contributed by atoms with Crippen LogP contribution in [0, 0.1) is 28.4 Å². The van der Waals surface area contributed by atoms with Crippen LogP contribution in [0.4, 0.5) is 5.69 Å². The van der Waals surface area contributed by atoms with Crippen molar-refractivity contribution in [2.75, 3.05) is 25.5 Å².